The van der Waals surface area contributed by atoms with E-state index in [0.717, 1.165) is 26.2 Å². The number of benzene rings is 2. The molecule has 0 heterocycles. The van der Waals surface area contributed by atoms with Crippen LogP contribution >= 0.6 is 0 Å². The van der Waals surface area contributed by atoms with Gasteiger partial charge in [-0.25, -0.2) is 0 Å². The van der Waals surface area contributed by atoms with Crippen LogP contribution in [-0.4, -0.2) is 38.1 Å². The van der Waals surface area contributed by atoms with E-state index in [1.54, 1.807) is 0 Å². The Hall–Kier alpha value is -0.784. The number of nitrogens with zero attached hydrogens (tertiary/aromatic N) is 1. The van der Waals surface area contributed by atoms with Crippen molar-refractivity contribution in [3.63, 3.8) is 0 Å². The molecule has 0 fully saturated rings. The van der Waals surface area contributed by atoms with Crippen molar-refractivity contribution >= 4 is 11.4 Å². The molecule has 2 N–H and O–H groups in total. The van der Waals surface area contributed by atoms with Gasteiger partial charge in [0.1, 0.15) is 0 Å². The van der Waals surface area contributed by atoms with Gasteiger partial charge in [0.05, 0.1) is 0 Å². The maximum atomic E-state index is 3.61. The van der Waals surface area contributed by atoms with E-state index in [1.807, 2.05) is 0 Å². The predicted molar refractivity (Wildman–Crippen MR) is 116 cm³/mol. The first-order valence-corrected chi connectivity index (χ1v) is 9.60. The number of halogens is 2. The summed E-state index contributed by atoms with van der Waals surface area (Å²) in [7, 11) is 2.19. The van der Waals surface area contributed by atoms with Gasteiger partial charge in [-0.15, -0.1) is 0 Å². The average molecular weight is 615 g/mol. The van der Waals surface area contributed by atoms with E-state index in [4.69, 9.17) is 0 Å². The normalized spacial score (nSPS) is 9.93. The summed E-state index contributed by atoms with van der Waals surface area (Å²) in [5, 5.41) is 7.22. The quantitative estimate of drug-likeness (QED) is 0.400. The van der Waals surface area contributed by atoms with Crippen LogP contribution in [0.4, 0.5) is 11.4 Å². The molecule has 0 spiro atoms. The van der Waals surface area contributed by atoms with Crippen LogP contribution in [0.3, 0.4) is 0 Å². The molecule has 0 bridgehead atoms. The molecule has 2 aromatic rings. The summed E-state index contributed by atoms with van der Waals surface area (Å²) in [5.74, 6) is 0. The van der Waals surface area contributed by atoms with E-state index < -0.39 is 0 Å². The molecule has 0 aliphatic heterocycles. The van der Waals surface area contributed by atoms with Crippen LogP contribution in [-0.2, 0) is 19.8 Å². The molecule has 2 aromatic carbocycles. The number of likely N-dealkylation sites (N-methyl/N-ethyl adjacent to an activating group) is 1. The van der Waals surface area contributed by atoms with Crippen LogP contribution in [0.1, 0.15) is 33.4 Å². The number of anilines is 2. The van der Waals surface area contributed by atoms with Crippen LogP contribution in [0.25, 0.3) is 0 Å². The molecular formula is C23H35Cl2N3Os. The van der Waals surface area contributed by atoms with E-state index in [-0.39, 0.29) is 44.6 Å². The molecule has 0 saturated heterocycles. The van der Waals surface area contributed by atoms with Gasteiger partial charge in [-0.2, -0.15) is 0 Å². The third-order valence-corrected chi connectivity index (χ3v) is 4.94. The Balaban J connectivity index is 0. The summed E-state index contributed by atoms with van der Waals surface area (Å²) < 4.78 is 0. The minimum atomic E-state index is 0. The van der Waals surface area contributed by atoms with Gasteiger partial charge in [0.2, 0.25) is 0 Å². The second-order valence-electron chi connectivity index (χ2n) is 7.70. The van der Waals surface area contributed by atoms with Gasteiger partial charge in [0.25, 0.3) is 0 Å². The molecule has 0 aliphatic rings. The van der Waals surface area contributed by atoms with Crippen molar-refractivity contribution in [1.29, 1.82) is 0 Å². The zero-order valence-electron chi connectivity index (χ0n) is 18.7. The van der Waals surface area contributed by atoms with E-state index in [2.05, 4.69) is 88.4 Å². The van der Waals surface area contributed by atoms with Crippen molar-refractivity contribution in [1.82, 2.24) is 4.90 Å². The first-order chi connectivity index (χ1) is 12.3. The molecular weight excluding hydrogens is 579 g/mol. The van der Waals surface area contributed by atoms with Gasteiger partial charge in [0, 0.05) is 37.6 Å². The molecule has 0 amide bonds. The molecule has 3 nitrogen and oxygen atoms in total. The van der Waals surface area contributed by atoms with Crippen LogP contribution in [0.2, 0.25) is 0 Å². The maximum absolute atomic E-state index is 3.61. The fraction of sp³-hybridized carbons (Fsp3) is 0.478. The number of hydrogen-bond acceptors (Lipinski definition) is 3. The van der Waals surface area contributed by atoms with Crippen LogP contribution in [0.15, 0.2) is 24.3 Å². The van der Waals surface area contributed by atoms with E-state index in [1.165, 1.54) is 44.8 Å². The summed E-state index contributed by atoms with van der Waals surface area (Å²) in [5.41, 5.74) is 10.6. The minimum Gasteiger partial charge on any atom is -1.00 e. The Bertz CT molecular complexity index is 656. The van der Waals surface area contributed by atoms with Gasteiger partial charge < -0.3 is 40.3 Å². The summed E-state index contributed by atoms with van der Waals surface area (Å²) in [6, 6.07) is 8.98. The average Bonchev–Trinajstić information content (AvgIpc) is 2.52. The monoisotopic (exact) mass is 615 g/mol. The minimum absolute atomic E-state index is 0. The first kappa shape index (κ1) is 30.4. The molecule has 2 rings (SSSR count). The fourth-order valence-corrected chi connectivity index (χ4v) is 3.77. The topological polar surface area (TPSA) is 27.3 Å². The molecule has 0 unspecified atom stereocenters. The van der Waals surface area contributed by atoms with E-state index in [0.29, 0.717) is 0 Å². The standard InChI is InChI=1S/C23H35N3.2ClH.Os/c1-16-12-18(3)22(19(4)13-16)24-8-10-26(7)11-9-25-23-20(5)14-17(2)15-21(23)6;;;/h12-15,24-25H,8-11H2,1-7H3;2*1H;/q;;;+2/p-2. The number of nitrogens with one attached hydrogen (secondary N) is 2. The third kappa shape index (κ3) is 9.27. The Morgan fingerprint density at radius 2 is 0.897 bits per heavy atom. The molecule has 164 valence electrons. The van der Waals surface area contributed by atoms with Crippen molar-refractivity contribution < 1.29 is 44.6 Å². The van der Waals surface area contributed by atoms with E-state index >= 15 is 0 Å². The number of rotatable bonds is 8. The summed E-state index contributed by atoms with van der Waals surface area (Å²) in [6.07, 6.45) is 0. The largest absolute Gasteiger partial charge is 2.00 e. The van der Waals surface area contributed by atoms with Crippen molar-refractivity contribution in [2.45, 2.75) is 41.5 Å². The van der Waals surface area contributed by atoms with Gasteiger partial charge in [-0.1, -0.05) is 35.4 Å². The SMILES string of the molecule is Cc1cc(C)c(NCCN(C)CCNc2c(C)cc(C)cc2C)c(C)c1.[Cl-].[Cl-].[Os+2]. The van der Waals surface area contributed by atoms with Crippen molar-refractivity contribution in [3.8, 4) is 0 Å². The third-order valence-electron chi connectivity index (χ3n) is 4.94. The van der Waals surface area contributed by atoms with Crippen molar-refractivity contribution in [2.24, 2.45) is 0 Å². The first-order valence-electron chi connectivity index (χ1n) is 9.60. The van der Waals surface area contributed by atoms with Gasteiger partial charge >= 0.3 is 19.8 Å². The number of aryl methyl sites for hydroxylation is 6. The molecule has 0 saturated carbocycles. The Labute approximate surface area is 203 Å². The van der Waals surface area contributed by atoms with Crippen molar-refractivity contribution in [2.75, 3.05) is 43.9 Å². The zero-order chi connectivity index (χ0) is 19.3. The molecule has 0 radical (unpaired) electrons. The van der Waals surface area contributed by atoms with Gasteiger partial charge in [-0.05, 0) is 70.8 Å². The number of hydrogen-bond donors (Lipinski definition) is 2. The van der Waals surface area contributed by atoms with Gasteiger partial charge in [-0.3, -0.25) is 0 Å². The summed E-state index contributed by atoms with van der Waals surface area (Å²) in [6.45, 7) is 17.0. The Morgan fingerprint density at radius 1 is 0.621 bits per heavy atom. The van der Waals surface area contributed by atoms with Gasteiger partial charge in [0.15, 0.2) is 0 Å². The second-order valence-corrected chi connectivity index (χ2v) is 7.70. The van der Waals surface area contributed by atoms with Crippen LogP contribution in [0, 0.1) is 41.5 Å². The fourth-order valence-electron chi connectivity index (χ4n) is 3.77. The zero-order valence-corrected chi connectivity index (χ0v) is 22.7. The van der Waals surface area contributed by atoms with Crippen molar-refractivity contribution in [3.05, 3.63) is 57.6 Å². The second kappa shape index (κ2) is 14.3. The van der Waals surface area contributed by atoms with E-state index in [9.17, 15) is 0 Å². The predicted octanol–water partition coefficient (Wildman–Crippen LogP) is -1.00. The molecule has 29 heavy (non-hydrogen) atoms. The Morgan fingerprint density at radius 3 is 1.17 bits per heavy atom. The molecule has 0 aliphatic carbocycles. The molecule has 6 heteroatoms. The summed E-state index contributed by atoms with van der Waals surface area (Å²) >= 11 is 0. The smallest absolute Gasteiger partial charge is 1.00 e. The molecule has 0 aromatic heterocycles. The maximum Gasteiger partial charge on any atom is 2.00 e. The Kier molecular flexibility index (Phi) is 15.0. The van der Waals surface area contributed by atoms with Crippen LogP contribution < -0.4 is 35.4 Å². The molecule has 0 atom stereocenters. The summed E-state index contributed by atoms with van der Waals surface area (Å²) in [4.78, 5) is 2.37. The van der Waals surface area contributed by atoms with Crippen LogP contribution in [0.5, 0.6) is 0 Å².